The summed E-state index contributed by atoms with van der Waals surface area (Å²) in [5, 5.41) is 1.19. The van der Waals surface area contributed by atoms with Crippen LogP contribution in [0.3, 0.4) is 0 Å². The number of nitrogens with zero attached hydrogens (tertiary/aromatic N) is 3. The van der Waals surface area contributed by atoms with E-state index >= 15 is 0 Å². The number of pyridine rings is 2. The van der Waals surface area contributed by atoms with E-state index in [0.29, 0.717) is 5.92 Å². The van der Waals surface area contributed by atoms with E-state index in [-0.39, 0.29) is 11.3 Å². The summed E-state index contributed by atoms with van der Waals surface area (Å²) in [6.45, 7) is 3.72. The third-order valence-corrected chi connectivity index (χ3v) is 6.01. The standard InChI is InChI=1S/C21H22N4O/c1-14-18(16-5-4-11-23-19(16)24-14)15-7-12-25(13-15)20(26)21(8-9-21)17-6-2-3-10-22-17/h2-6,10-11,15H,7-9,12-13H2,1H3,(H,23,24). The molecule has 0 radical (unpaired) electrons. The summed E-state index contributed by atoms with van der Waals surface area (Å²) in [5.41, 5.74) is 4.00. The highest BCUT2D eigenvalue weighted by Gasteiger charge is 2.55. The number of aromatic amines is 1. The first-order valence-electron chi connectivity index (χ1n) is 9.33. The van der Waals surface area contributed by atoms with Gasteiger partial charge in [-0.2, -0.15) is 0 Å². The van der Waals surface area contributed by atoms with Crippen molar-refractivity contribution < 1.29 is 4.79 Å². The average Bonchev–Trinajstić information content (AvgIpc) is 3.22. The molecule has 5 heteroatoms. The van der Waals surface area contributed by atoms with Crippen molar-refractivity contribution in [3.8, 4) is 0 Å². The summed E-state index contributed by atoms with van der Waals surface area (Å²) in [6.07, 6.45) is 6.45. The number of nitrogens with one attached hydrogen (secondary N) is 1. The molecule has 1 atom stereocenters. The van der Waals surface area contributed by atoms with Crippen molar-refractivity contribution in [2.24, 2.45) is 0 Å². The molecule has 1 amide bonds. The van der Waals surface area contributed by atoms with Gasteiger partial charge >= 0.3 is 0 Å². The first-order valence-corrected chi connectivity index (χ1v) is 9.33. The second kappa shape index (κ2) is 5.66. The molecule has 26 heavy (non-hydrogen) atoms. The molecular weight excluding hydrogens is 324 g/mol. The number of H-pyrrole nitrogens is 1. The normalized spacial score (nSPS) is 21.3. The predicted octanol–water partition coefficient (Wildman–Crippen LogP) is 3.31. The molecule has 1 saturated carbocycles. The van der Waals surface area contributed by atoms with Crippen LogP contribution < -0.4 is 0 Å². The molecule has 2 fully saturated rings. The van der Waals surface area contributed by atoms with Gasteiger partial charge in [0.1, 0.15) is 5.65 Å². The molecule has 0 spiro atoms. The van der Waals surface area contributed by atoms with Gasteiger partial charge in [-0.3, -0.25) is 9.78 Å². The van der Waals surface area contributed by atoms with Crippen LogP contribution in [-0.4, -0.2) is 38.8 Å². The van der Waals surface area contributed by atoms with Crippen molar-refractivity contribution in [2.45, 2.75) is 37.5 Å². The quantitative estimate of drug-likeness (QED) is 0.791. The Kier molecular flexibility index (Phi) is 3.39. The zero-order chi connectivity index (χ0) is 17.7. The summed E-state index contributed by atoms with van der Waals surface area (Å²) in [4.78, 5) is 27.6. The molecule has 5 nitrogen and oxygen atoms in total. The Bertz CT molecular complexity index is 974. The van der Waals surface area contributed by atoms with Crippen LogP contribution in [-0.2, 0) is 10.2 Å². The maximum absolute atomic E-state index is 13.3. The summed E-state index contributed by atoms with van der Waals surface area (Å²) < 4.78 is 0. The molecule has 1 saturated heterocycles. The van der Waals surface area contributed by atoms with Crippen LogP contribution in [0, 0.1) is 6.92 Å². The second-order valence-corrected chi connectivity index (χ2v) is 7.60. The van der Waals surface area contributed by atoms with Gasteiger partial charge in [0.25, 0.3) is 0 Å². The van der Waals surface area contributed by atoms with Crippen molar-refractivity contribution in [1.82, 2.24) is 19.9 Å². The topological polar surface area (TPSA) is 61.9 Å². The molecule has 0 bridgehead atoms. The van der Waals surface area contributed by atoms with Crippen molar-refractivity contribution >= 4 is 16.9 Å². The van der Waals surface area contributed by atoms with E-state index in [1.54, 1.807) is 6.20 Å². The van der Waals surface area contributed by atoms with Crippen LogP contribution in [0.4, 0.5) is 0 Å². The van der Waals surface area contributed by atoms with Crippen LogP contribution in [0.15, 0.2) is 42.7 Å². The highest BCUT2D eigenvalue weighted by atomic mass is 16.2. The lowest BCUT2D eigenvalue weighted by atomic mass is 9.96. The Balaban J connectivity index is 1.41. The molecule has 0 aromatic carbocycles. The predicted molar refractivity (Wildman–Crippen MR) is 99.9 cm³/mol. The number of aromatic nitrogens is 3. The van der Waals surface area contributed by atoms with E-state index in [9.17, 15) is 4.79 Å². The zero-order valence-corrected chi connectivity index (χ0v) is 14.9. The fourth-order valence-electron chi connectivity index (χ4n) is 4.53. The summed E-state index contributed by atoms with van der Waals surface area (Å²) in [7, 11) is 0. The van der Waals surface area contributed by atoms with E-state index in [1.165, 1.54) is 16.6 Å². The molecule has 3 aromatic heterocycles. The average molecular weight is 346 g/mol. The van der Waals surface area contributed by atoms with Gasteiger partial charge in [-0.15, -0.1) is 0 Å². The van der Waals surface area contributed by atoms with Gasteiger partial charge in [0, 0.05) is 42.5 Å². The third-order valence-electron chi connectivity index (χ3n) is 6.01. The number of amides is 1. The number of carbonyl (C=O) groups excluding carboxylic acids is 1. The van der Waals surface area contributed by atoms with Crippen molar-refractivity contribution in [3.63, 3.8) is 0 Å². The molecule has 132 valence electrons. The number of hydrogen-bond acceptors (Lipinski definition) is 3. The van der Waals surface area contributed by atoms with Crippen molar-refractivity contribution in [1.29, 1.82) is 0 Å². The Labute approximate surface area is 152 Å². The summed E-state index contributed by atoms with van der Waals surface area (Å²) >= 11 is 0. The molecule has 2 aliphatic rings. The number of fused-ring (bicyclic) bond motifs is 1. The summed E-state index contributed by atoms with van der Waals surface area (Å²) in [5.74, 6) is 0.630. The minimum atomic E-state index is -0.368. The number of likely N-dealkylation sites (tertiary alicyclic amines) is 1. The highest BCUT2D eigenvalue weighted by molar-refractivity contribution is 5.91. The third kappa shape index (κ3) is 2.26. The van der Waals surface area contributed by atoms with Crippen LogP contribution >= 0.6 is 0 Å². The fraction of sp³-hybridized carbons (Fsp3) is 0.381. The van der Waals surface area contributed by atoms with E-state index in [0.717, 1.165) is 43.7 Å². The Morgan fingerprint density at radius 1 is 1.19 bits per heavy atom. The van der Waals surface area contributed by atoms with Gasteiger partial charge < -0.3 is 9.88 Å². The largest absolute Gasteiger partial charge is 0.343 e. The van der Waals surface area contributed by atoms with Crippen molar-refractivity contribution in [2.75, 3.05) is 13.1 Å². The number of carbonyl (C=O) groups is 1. The van der Waals surface area contributed by atoms with Gasteiger partial charge in [0.05, 0.1) is 11.1 Å². The number of rotatable bonds is 3. The first kappa shape index (κ1) is 15.6. The monoisotopic (exact) mass is 346 g/mol. The van der Waals surface area contributed by atoms with Crippen LogP contribution in [0.1, 0.15) is 42.1 Å². The van der Waals surface area contributed by atoms with Gasteiger partial charge in [0.15, 0.2) is 0 Å². The zero-order valence-electron chi connectivity index (χ0n) is 14.9. The molecule has 1 N–H and O–H groups in total. The molecule has 1 aliphatic carbocycles. The fourth-order valence-corrected chi connectivity index (χ4v) is 4.53. The Morgan fingerprint density at radius 3 is 2.81 bits per heavy atom. The molecule has 1 aliphatic heterocycles. The second-order valence-electron chi connectivity index (χ2n) is 7.60. The maximum atomic E-state index is 13.3. The minimum absolute atomic E-state index is 0.259. The smallest absolute Gasteiger partial charge is 0.234 e. The minimum Gasteiger partial charge on any atom is -0.343 e. The Hall–Kier alpha value is -2.69. The van der Waals surface area contributed by atoms with Crippen LogP contribution in [0.2, 0.25) is 0 Å². The highest BCUT2D eigenvalue weighted by Crippen LogP contribution is 2.49. The van der Waals surface area contributed by atoms with Gasteiger partial charge in [-0.05, 0) is 56.0 Å². The van der Waals surface area contributed by atoms with Gasteiger partial charge in [0.2, 0.25) is 5.91 Å². The van der Waals surface area contributed by atoms with Gasteiger partial charge in [-0.1, -0.05) is 6.07 Å². The van der Waals surface area contributed by atoms with Crippen LogP contribution in [0.25, 0.3) is 11.0 Å². The molecule has 4 heterocycles. The van der Waals surface area contributed by atoms with E-state index in [1.807, 2.05) is 30.5 Å². The van der Waals surface area contributed by atoms with E-state index < -0.39 is 0 Å². The number of aryl methyl sites for hydroxylation is 1. The lowest BCUT2D eigenvalue weighted by Crippen LogP contribution is -2.38. The molecular formula is C21H22N4O. The van der Waals surface area contributed by atoms with Crippen LogP contribution in [0.5, 0.6) is 0 Å². The van der Waals surface area contributed by atoms with E-state index in [4.69, 9.17) is 0 Å². The summed E-state index contributed by atoms with van der Waals surface area (Å²) in [6, 6.07) is 9.99. The maximum Gasteiger partial charge on any atom is 0.234 e. The van der Waals surface area contributed by atoms with Crippen molar-refractivity contribution in [3.05, 3.63) is 59.7 Å². The first-order chi connectivity index (χ1) is 12.7. The van der Waals surface area contributed by atoms with E-state index in [2.05, 4.69) is 32.8 Å². The SMILES string of the molecule is Cc1[nH]c2ncccc2c1C1CCN(C(=O)C2(c3ccccn3)CC2)C1. The van der Waals surface area contributed by atoms with Gasteiger partial charge in [-0.25, -0.2) is 4.98 Å². The molecule has 5 rings (SSSR count). The lowest BCUT2D eigenvalue weighted by Gasteiger charge is -2.23. The molecule has 3 aromatic rings. The molecule has 1 unspecified atom stereocenters. The number of hydrogen-bond donors (Lipinski definition) is 1. The lowest BCUT2D eigenvalue weighted by molar-refractivity contribution is -0.133. The Morgan fingerprint density at radius 2 is 2.04 bits per heavy atom.